The van der Waals surface area contributed by atoms with Crippen molar-refractivity contribution in [3.05, 3.63) is 23.8 Å². The van der Waals surface area contributed by atoms with Crippen molar-refractivity contribution in [1.82, 2.24) is 0 Å². The van der Waals surface area contributed by atoms with Gasteiger partial charge in [-0.2, -0.15) is 0 Å². The first-order chi connectivity index (χ1) is 9.45. The third kappa shape index (κ3) is 3.26. The number of piperidine rings is 1. The van der Waals surface area contributed by atoms with Crippen molar-refractivity contribution < 1.29 is 4.74 Å². The van der Waals surface area contributed by atoms with Gasteiger partial charge in [-0.3, -0.25) is 0 Å². The highest BCUT2D eigenvalue weighted by molar-refractivity contribution is 5.57. The Morgan fingerprint density at radius 3 is 2.40 bits per heavy atom. The number of anilines is 1. The second kappa shape index (κ2) is 6.04. The number of rotatable bonds is 3. The fourth-order valence-corrected chi connectivity index (χ4v) is 3.12. The van der Waals surface area contributed by atoms with Gasteiger partial charge in [0.15, 0.2) is 0 Å². The van der Waals surface area contributed by atoms with E-state index < -0.39 is 0 Å². The normalized spacial score (nSPS) is 17.4. The molecule has 1 heterocycles. The van der Waals surface area contributed by atoms with Crippen LogP contribution in [-0.2, 0) is 6.54 Å². The molecule has 2 rings (SSSR count). The summed E-state index contributed by atoms with van der Waals surface area (Å²) in [6, 6.07) is 6.21. The summed E-state index contributed by atoms with van der Waals surface area (Å²) in [5, 5.41) is 0. The van der Waals surface area contributed by atoms with Crippen molar-refractivity contribution >= 4 is 5.69 Å². The Morgan fingerprint density at radius 2 is 1.90 bits per heavy atom. The van der Waals surface area contributed by atoms with E-state index in [2.05, 4.69) is 37.8 Å². The Kier molecular flexibility index (Phi) is 4.59. The van der Waals surface area contributed by atoms with Gasteiger partial charge in [0.25, 0.3) is 0 Å². The van der Waals surface area contributed by atoms with Gasteiger partial charge in [-0.1, -0.05) is 26.8 Å². The molecule has 1 fully saturated rings. The SMILES string of the molecule is COc1ccc(CN)c(N2CCC(C(C)(C)C)CC2)c1. The summed E-state index contributed by atoms with van der Waals surface area (Å²) in [5.41, 5.74) is 8.75. The molecular weight excluding hydrogens is 248 g/mol. The fourth-order valence-electron chi connectivity index (χ4n) is 3.12. The van der Waals surface area contributed by atoms with Gasteiger partial charge in [-0.25, -0.2) is 0 Å². The molecular formula is C17H28N2O. The van der Waals surface area contributed by atoms with E-state index in [9.17, 15) is 0 Å². The van der Waals surface area contributed by atoms with Gasteiger partial charge in [0.05, 0.1) is 7.11 Å². The Bertz CT molecular complexity index is 443. The molecule has 0 bridgehead atoms. The van der Waals surface area contributed by atoms with E-state index in [0.29, 0.717) is 12.0 Å². The third-order valence-corrected chi connectivity index (χ3v) is 4.57. The van der Waals surface area contributed by atoms with Crippen molar-refractivity contribution in [3.8, 4) is 5.75 Å². The minimum atomic E-state index is 0.414. The first-order valence-corrected chi connectivity index (χ1v) is 7.57. The summed E-state index contributed by atoms with van der Waals surface area (Å²) < 4.78 is 5.35. The molecule has 3 heteroatoms. The van der Waals surface area contributed by atoms with Crippen LogP contribution < -0.4 is 15.4 Å². The number of ether oxygens (including phenoxy) is 1. The molecule has 0 unspecified atom stereocenters. The van der Waals surface area contributed by atoms with E-state index in [1.807, 2.05) is 6.07 Å². The molecule has 0 saturated carbocycles. The lowest BCUT2D eigenvalue weighted by Gasteiger charge is -2.40. The van der Waals surface area contributed by atoms with E-state index >= 15 is 0 Å². The van der Waals surface area contributed by atoms with Crippen molar-refractivity contribution in [2.24, 2.45) is 17.1 Å². The number of hydrogen-bond acceptors (Lipinski definition) is 3. The predicted molar refractivity (Wildman–Crippen MR) is 85.3 cm³/mol. The van der Waals surface area contributed by atoms with Crippen LogP contribution in [0.4, 0.5) is 5.69 Å². The largest absolute Gasteiger partial charge is 0.497 e. The van der Waals surface area contributed by atoms with Crippen LogP contribution in [0.15, 0.2) is 18.2 Å². The van der Waals surface area contributed by atoms with E-state index in [-0.39, 0.29) is 0 Å². The van der Waals surface area contributed by atoms with Gasteiger partial charge in [0, 0.05) is 31.4 Å². The summed E-state index contributed by atoms with van der Waals surface area (Å²) in [6.07, 6.45) is 2.51. The molecule has 1 aliphatic heterocycles. The zero-order chi connectivity index (χ0) is 14.8. The number of methoxy groups -OCH3 is 1. The number of benzene rings is 1. The number of nitrogens with two attached hydrogens (primary N) is 1. The smallest absolute Gasteiger partial charge is 0.120 e. The summed E-state index contributed by atoms with van der Waals surface area (Å²) in [5.74, 6) is 1.72. The molecule has 0 aromatic heterocycles. The van der Waals surface area contributed by atoms with Crippen molar-refractivity contribution in [3.63, 3.8) is 0 Å². The summed E-state index contributed by atoms with van der Waals surface area (Å²) in [7, 11) is 1.72. The Balaban J connectivity index is 2.13. The molecule has 1 aromatic carbocycles. The monoisotopic (exact) mass is 276 g/mol. The van der Waals surface area contributed by atoms with Gasteiger partial charge < -0.3 is 15.4 Å². The fraction of sp³-hybridized carbons (Fsp3) is 0.647. The van der Waals surface area contributed by atoms with Crippen molar-refractivity contribution in [2.45, 2.75) is 40.2 Å². The van der Waals surface area contributed by atoms with Crippen LogP contribution in [0.3, 0.4) is 0 Å². The average molecular weight is 276 g/mol. The minimum absolute atomic E-state index is 0.414. The molecule has 1 aromatic rings. The Morgan fingerprint density at radius 1 is 1.25 bits per heavy atom. The zero-order valence-corrected chi connectivity index (χ0v) is 13.3. The molecule has 0 radical (unpaired) electrons. The number of hydrogen-bond donors (Lipinski definition) is 1. The lowest BCUT2D eigenvalue weighted by Crippen LogP contribution is -2.38. The van der Waals surface area contributed by atoms with Crippen molar-refractivity contribution in [2.75, 3.05) is 25.1 Å². The lowest BCUT2D eigenvalue weighted by molar-refractivity contribution is 0.199. The van der Waals surface area contributed by atoms with Crippen molar-refractivity contribution in [1.29, 1.82) is 0 Å². The maximum absolute atomic E-state index is 5.88. The standard InChI is InChI=1S/C17H28N2O/c1-17(2,3)14-7-9-19(10-8-14)16-11-15(20-4)6-5-13(16)12-18/h5-6,11,14H,7-10,12,18H2,1-4H3. The Hall–Kier alpha value is -1.22. The van der Waals surface area contributed by atoms with Gasteiger partial charge >= 0.3 is 0 Å². The van der Waals surface area contributed by atoms with E-state index in [0.717, 1.165) is 24.8 Å². The van der Waals surface area contributed by atoms with Gasteiger partial charge in [-0.15, -0.1) is 0 Å². The first kappa shape index (κ1) is 15.2. The van der Waals surface area contributed by atoms with Gasteiger partial charge in [0.2, 0.25) is 0 Å². The van der Waals surface area contributed by atoms with E-state index in [1.165, 1.54) is 24.1 Å². The van der Waals surface area contributed by atoms with Crippen LogP contribution >= 0.6 is 0 Å². The van der Waals surface area contributed by atoms with Crippen LogP contribution in [0.2, 0.25) is 0 Å². The molecule has 0 atom stereocenters. The van der Waals surface area contributed by atoms with Crippen LogP contribution in [-0.4, -0.2) is 20.2 Å². The average Bonchev–Trinajstić information content (AvgIpc) is 2.45. The molecule has 2 N–H and O–H groups in total. The van der Waals surface area contributed by atoms with Gasteiger partial charge in [-0.05, 0) is 35.8 Å². The zero-order valence-electron chi connectivity index (χ0n) is 13.3. The summed E-state index contributed by atoms with van der Waals surface area (Å²) in [6.45, 7) is 9.86. The van der Waals surface area contributed by atoms with Crippen LogP contribution in [0, 0.1) is 11.3 Å². The van der Waals surface area contributed by atoms with Gasteiger partial charge in [0.1, 0.15) is 5.75 Å². The first-order valence-electron chi connectivity index (χ1n) is 7.57. The minimum Gasteiger partial charge on any atom is -0.497 e. The Labute approximate surface area is 123 Å². The highest BCUT2D eigenvalue weighted by atomic mass is 16.5. The lowest BCUT2D eigenvalue weighted by atomic mass is 9.75. The topological polar surface area (TPSA) is 38.5 Å². The third-order valence-electron chi connectivity index (χ3n) is 4.57. The highest BCUT2D eigenvalue weighted by Crippen LogP contribution is 2.36. The summed E-state index contributed by atoms with van der Waals surface area (Å²) >= 11 is 0. The quantitative estimate of drug-likeness (QED) is 0.919. The molecule has 3 nitrogen and oxygen atoms in total. The second-order valence-electron chi connectivity index (χ2n) is 6.83. The second-order valence-corrected chi connectivity index (χ2v) is 6.83. The maximum Gasteiger partial charge on any atom is 0.120 e. The van der Waals surface area contributed by atoms with Crippen LogP contribution in [0.5, 0.6) is 5.75 Å². The highest BCUT2D eigenvalue weighted by Gasteiger charge is 2.29. The van der Waals surface area contributed by atoms with E-state index in [1.54, 1.807) is 7.11 Å². The molecule has 0 aliphatic carbocycles. The molecule has 112 valence electrons. The van der Waals surface area contributed by atoms with Crippen LogP contribution in [0.25, 0.3) is 0 Å². The maximum atomic E-state index is 5.88. The molecule has 1 saturated heterocycles. The van der Waals surface area contributed by atoms with Crippen LogP contribution in [0.1, 0.15) is 39.2 Å². The molecule has 0 spiro atoms. The molecule has 20 heavy (non-hydrogen) atoms. The molecule has 1 aliphatic rings. The molecule has 0 amide bonds. The van der Waals surface area contributed by atoms with E-state index in [4.69, 9.17) is 10.5 Å². The predicted octanol–water partition coefficient (Wildman–Crippen LogP) is 3.42. The summed E-state index contributed by atoms with van der Waals surface area (Å²) in [4.78, 5) is 2.47. The number of nitrogens with zero attached hydrogens (tertiary/aromatic N) is 1.